The van der Waals surface area contributed by atoms with Gasteiger partial charge in [-0.1, -0.05) is 54.6 Å². The summed E-state index contributed by atoms with van der Waals surface area (Å²) in [5.41, 5.74) is 3.26. The molecule has 0 saturated carbocycles. The minimum atomic E-state index is -3.84. The zero-order chi connectivity index (χ0) is 22.7. The minimum absolute atomic E-state index is 0.0809. The molecule has 1 amide bonds. The van der Waals surface area contributed by atoms with Gasteiger partial charge in [0.05, 0.1) is 4.90 Å². The smallest absolute Gasteiger partial charge is 0.262 e. The summed E-state index contributed by atoms with van der Waals surface area (Å²) in [6.45, 7) is 3.95. The molecule has 0 aliphatic heterocycles. The fourth-order valence-electron chi connectivity index (χ4n) is 3.58. The van der Waals surface area contributed by atoms with Crippen molar-refractivity contribution in [3.63, 3.8) is 0 Å². The van der Waals surface area contributed by atoms with E-state index in [0.717, 1.165) is 21.9 Å². The lowest BCUT2D eigenvalue weighted by atomic mass is 10.1. The number of fused-ring (bicyclic) bond motifs is 1. The molecule has 0 heterocycles. The zero-order valence-corrected chi connectivity index (χ0v) is 18.7. The summed E-state index contributed by atoms with van der Waals surface area (Å²) < 4.78 is 28.5. The second kappa shape index (κ2) is 8.85. The van der Waals surface area contributed by atoms with Crippen LogP contribution < -0.4 is 10.0 Å². The van der Waals surface area contributed by atoms with E-state index in [4.69, 9.17) is 0 Å². The molecule has 162 valence electrons. The fraction of sp³-hybridized carbons (Fsp3) is 0.115. The van der Waals surface area contributed by atoms with Gasteiger partial charge in [0.15, 0.2) is 0 Å². The number of sulfonamides is 1. The number of hydrogen-bond acceptors (Lipinski definition) is 3. The van der Waals surface area contributed by atoms with E-state index in [1.807, 2.05) is 55.5 Å². The second-order valence-corrected chi connectivity index (χ2v) is 9.47. The molecular formula is C26H24N2O3S. The molecule has 0 unspecified atom stereocenters. The Balaban J connectivity index is 1.52. The maximum absolute atomic E-state index is 13.0. The lowest BCUT2D eigenvalue weighted by Crippen LogP contribution is -2.23. The van der Waals surface area contributed by atoms with Gasteiger partial charge in [-0.15, -0.1) is 0 Å². The first-order chi connectivity index (χ1) is 15.3. The number of carbonyl (C=O) groups is 1. The predicted molar refractivity (Wildman–Crippen MR) is 128 cm³/mol. The topological polar surface area (TPSA) is 75.3 Å². The number of aryl methyl sites for hydroxylation is 2. The van der Waals surface area contributed by atoms with Crippen molar-refractivity contribution in [2.45, 2.75) is 25.3 Å². The molecule has 0 fully saturated rings. The highest BCUT2D eigenvalue weighted by molar-refractivity contribution is 7.92. The van der Waals surface area contributed by atoms with Crippen LogP contribution in [0.4, 0.5) is 5.69 Å². The van der Waals surface area contributed by atoms with Crippen LogP contribution in [0, 0.1) is 13.8 Å². The van der Waals surface area contributed by atoms with E-state index in [1.165, 1.54) is 6.07 Å². The molecule has 0 radical (unpaired) electrons. The quantitative estimate of drug-likeness (QED) is 0.430. The summed E-state index contributed by atoms with van der Waals surface area (Å²) in [5, 5.41) is 5.12. The maximum atomic E-state index is 13.0. The van der Waals surface area contributed by atoms with E-state index in [2.05, 4.69) is 10.0 Å². The van der Waals surface area contributed by atoms with Gasteiger partial charge < -0.3 is 5.32 Å². The molecule has 0 aliphatic rings. The van der Waals surface area contributed by atoms with Crippen LogP contribution in [-0.2, 0) is 16.6 Å². The number of benzene rings is 4. The molecule has 4 rings (SSSR count). The van der Waals surface area contributed by atoms with Crippen molar-refractivity contribution in [2.24, 2.45) is 0 Å². The first-order valence-corrected chi connectivity index (χ1v) is 11.8. The van der Waals surface area contributed by atoms with Crippen molar-refractivity contribution in [2.75, 3.05) is 4.72 Å². The Hall–Kier alpha value is -3.64. The number of hydrogen-bond donors (Lipinski definition) is 2. The molecule has 4 aromatic rings. The van der Waals surface area contributed by atoms with Gasteiger partial charge in [0.25, 0.3) is 15.9 Å². The summed E-state index contributed by atoms with van der Waals surface area (Å²) in [6, 6.07) is 25.9. The number of rotatable bonds is 6. The largest absolute Gasteiger partial charge is 0.348 e. The van der Waals surface area contributed by atoms with Gasteiger partial charge in [-0.2, -0.15) is 0 Å². The Morgan fingerprint density at radius 3 is 2.38 bits per heavy atom. The van der Waals surface area contributed by atoms with Crippen LogP contribution in [0.1, 0.15) is 27.0 Å². The van der Waals surface area contributed by atoms with Crippen LogP contribution >= 0.6 is 0 Å². The fourth-order valence-corrected chi connectivity index (χ4v) is 4.90. The van der Waals surface area contributed by atoms with Gasteiger partial charge in [-0.05, 0) is 71.6 Å². The SMILES string of the molecule is Cc1cccc(NS(=O)(=O)c2cc(C(=O)NCc3ccc4ccccc4c3)ccc2C)c1. The standard InChI is InChI=1S/C26H24N2O3S/c1-18-6-5-9-24(14-18)28-32(30,31)25-16-23(12-10-19(25)2)26(29)27-17-20-11-13-21-7-3-4-8-22(21)15-20/h3-16,28H,17H2,1-2H3,(H,27,29). The summed E-state index contributed by atoms with van der Waals surface area (Å²) in [6.07, 6.45) is 0. The minimum Gasteiger partial charge on any atom is -0.348 e. The van der Waals surface area contributed by atoms with Crippen LogP contribution in [0.15, 0.2) is 89.8 Å². The van der Waals surface area contributed by atoms with Gasteiger partial charge in [-0.25, -0.2) is 8.42 Å². The van der Waals surface area contributed by atoms with Crippen molar-refractivity contribution in [1.82, 2.24) is 5.32 Å². The molecule has 4 aromatic carbocycles. The average molecular weight is 445 g/mol. The van der Waals surface area contributed by atoms with E-state index in [-0.39, 0.29) is 10.8 Å². The third kappa shape index (κ3) is 4.81. The Morgan fingerprint density at radius 1 is 0.812 bits per heavy atom. The molecule has 2 N–H and O–H groups in total. The highest BCUT2D eigenvalue weighted by atomic mass is 32.2. The zero-order valence-electron chi connectivity index (χ0n) is 17.9. The first-order valence-electron chi connectivity index (χ1n) is 10.3. The number of anilines is 1. The Bertz CT molecular complexity index is 1410. The lowest BCUT2D eigenvalue weighted by molar-refractivity contribution is 0.0950. The normalized spacial score (nSPS) is 11.3. The summed E-state index contributed by atoms with van der Waals surface area (Å²) in [7, 11) is -3.84. The average Bonchev–Trinajstić information content (AvgIpc) is 2.77. The Labute approximate surface area is 188 Å². The van der Waals surface area contributed by atoms with Crippen LogP contribution in [0.25, 0.3) is 10.8 Å². The van der Waals surface area contributed by atoms with Gasteiger partial charge in [0.2, 0.25) is 0 Å². The summed E-state index contributed by atoms with van der Waals surface area (Å²) in [5.74, 6) is -0.329. The highest BCUT2D eigenvalue weighted by Gasteiger charge is 2.19. The number of carbonyl (C=O) groups excluding carboxylic acids is 1. The van der Waals surface area contributed by atoms with Crippen LogP contribution in [0.5, 0.6) is 0 Å². The molecule has 0 atom stereocenters. The second-order valence-electron chi connectivity index (χ2n) is 7.82. The number of nitrogens with one attached hydrogen (secondary N) is 2. The van der Waals surface area contributed by atoms with Gasteiger partial charge >= 0.3 is 0 Å². The molecule has 0 bridgehead atoms. The maximum Gasteiger partial charge on any atom is 0.262 e. The van der Waals surface area contributed by atoms with E-state index >= 15 is 0 Å². The van der Waals surface area contributed by atoms with Crippen LogP contribution in [0.3, 0.4) is 0 Å². The van der Waals surface area contributed by atoms with Gasteiger partial charge in [-0.3, -0.25) is 9.52 Å². The van der Waals surface area contributed by atoms with E-state index in [1.54, 1.807) is 37.3 Å². The van der Waals surface area contributed by atoms with Gasteiger partial charge in [0.1, 0.15) is 0 Å². The summed E-state index contributed by atoms with van der Waals surface area (Å²) in [4.78, 5) is 12.8. The first kappa shape index (κ1) is 21.6. The van der Waals surface area contributed by atoms with Crippen molar-refractivity contribution in [3.05, 3.63) is 107 Å². The Morgan fingerprint density at radius 2 is 1.59 bits per heavy atom. The summed E-state index contributed by atoms with van der Waals surface area (Å²) >= 11 is 0. The van der Waals surface area contributed by atoms with Crippen LogP contribution in [-0.4, -0.2) is 14.3 Å². The third-order valence-corrected chi connectivity index (χ3v) is 6.80. The lowest BCUT2D eigenvalue weighted by Gasteiger charge is -2.13. The molecule has 0 aliphatic carbocycles. The van der Waals surface area contributed by atoms with Crippen LogP contribution in [0.2, 0.25) is 0 Å². The van der Waals surface area contributed by atoms with Crippen molar-refractivity contribution in [3.8, 4) is 0 Å². The molecule has 0 spiro atoms. The van der Waals surface area contributed by atoms with E-state index in [9.17, 15) is 13.2 Å². The van der Waals surface area contributed by atoms with E-state index < -0.39 is 10.0 Å². The van der Waals surface area contributed by atoms with Gasteiger partial charge in [0, 0.05) is 17.8 Å². The predicted octanol–water partition coefficient (Wildman–Crippen LogP) is 5.19. The molecule has 5 nitrogen and oxygen atoms in total. The van der Waals surface area contributed by atoms with Crippen molar-refractivity contribution < 1.29 is 13.2 Å². The van der Waals surface area contributed by atoms with Crippen molar-refractivity contribution >= 4 is 32.4 Å². The molecule has 0 saturated heterocycles. The third-order valence-electron chi connectivity index (χ3n) is 5.28. The monoisotopic (exact) mass is 444 g/mol. The Kier molecular flexibility index (Phi) is 5.97. The molecule has 0 aromatic heterocycles. The van der Waals surface area contributed by atoms with Crippen molar-refractivity contribution in [1.29, 1.82) is 0 Å². The molecule has 6 heteroatoms. The molecule has 32 heavy (non-hydrogen) atoms. The highest BCUT2D eigenvalue weighted by Crippen LogP contribution is 2.22. The molecular weight excluding hydrogens is 420 g/mol. The number of amides is 1. The van der Waals surface area contributed by atoms with E-state index in [0.29, 0.717) is 23.4 Å².